The summed E-state index contributed by atoms with van der Waals surface area (Å²) in [4.78, 5) is 48.1. The van der Waals surface area contributed by atoms with Crippen LogP contribution in [0.1, 0.15) is 69.9 Å². The highest BCUT2D eigenvalue weighted by Crippen LogP contribution is 2.44. The van der Waals surface area contributed by atoms with Gasteiger partial charge in [0.2, 0.25) is 0 Å². The van der Waals surface area contributed by atoms with Crippen LogP contribution in [0.3, 0.4) is 0 Å². The third-order valence-electron chi connectivity index (χ3n) is 14.5. The van der Waals surface area contributed by atoms with Crippen molar-refractivity contribution in [3.8, 4) is 22.6 Å². The summed E-state index contributed by atoms with van der Waals surface area (Å²) in [7, 11) is 10.6. The van der Waals surface area contributed by atoms with E-state index >= 15 is 0 Å². The smallest absolute Gasteiger partial charge is 0.488 e. The Morgan fingerprint density at radius 1 is 0.573 bits per heavy atom. The van der Waals surface area contributed by atoms with Crippen LogP contribution in [0.15, 0.2) is 73.1 Å². The Kier molecular flexibility index (Phi) is 19.0. The number of urea groups is 2. The third-order valence-corrected chi connectivity index (χ3v) is 15.8. The molecule has 2 saturated carbocycles. The minimum absolute atomic E-state index is 0. The normalized spacial score (nSPS) is 19.6. The van der Waals surface area contributed by atoms with Crippen molar-refractivity contribution in [2.24, 2.45) is 11.8 Å². The van der Waals surface area contributed by atoms with Crippen molar-refractivity contribution in [1.29, 1.82) is 0 Å². The van der Waals surface area contributed by atoms with Crippen LogP contribution in [-0.4, -0.2) is 136 Å². The quantitative estimate of drug-likeness (QED) is 0.108. The van der Waals surface area contributed by atoms with Gasteiger partial charge in [0.1, 0.15) is 0 Å². The minimum atomic E-state index is -1.64. The molecule has 2 aliphatic heterocycles. The second-order valence-electron chi connectivity index (χ2n) is 20.5. The average Bonchev–Trinajstić information content (AvgIpc) is 3.36. The lowest BCUT2D eigenvalue weighted by atomic mass is 9.80. The van der Waals surface area contributed by atoms with E-state index in [-0.39, 0.29) is 68.6 Å². The fourth-order valence-electron chi connectivity index (χ4n) is 10.9. The largest absolute Gasteiger partial charge is 0.505 e. The number of phenolic OH excluding ortho intramolecular Hbond substituents is 2. The van der Waals surface area contributed by atoms with Crippen molar-refractivity contribution < 1.29 is 29.9 Å². The molecule has 4 aromatic carbocycles. The molecule has 4 aliphatic rings. The highest BCUT2D eigenvalue weighted by atomic mass is 35.5. The van der Waals surface area contributed by atoms with E-state index in [0.29, 0.717) is 24.0 Å². The molecule has 0 bridgehead atoms. The number of carbonyl (C=O) groups excluding carboxylic acids is 2. The van der Waals surface area contributed by atoms with Crippen LogP contribution in [0, 0.1) is 11.8 Å². The molecule has 14 nitrogen and oxygen atoms in total. The van der Waals surface area contributed by atoms with Gasteiger partial charge in [-0.05, 0) is 163 Å². The van der Waals surface area contributed by atoms with Crippen LogP contribution in [0.4, 0.5) is 21.0 Å². The van der Waals surface area contributed by atoms with Crippen molar-refractivity contribution in [3.05, 3.63) is 109 Å². The molecule has 10 rings (SSSR count). The predicted molar refractivity (Wildman–Crippen MR) is 308 cm³/mol. The molecule has 2 fully saturated rings. The number of phenols is 2. The molecule has 0 atom stereocenters. The number of anilines is 2. The molecular formula is C55H66BCl5N8O6. The zero-order valence-electron chi connectivity index (χ0n) is 42.4. The fourth-order valence-corrected chi connectivity index (χ4v) is 12.1. The zero-order chi connectivity index (χ0) is 53.3. The van der Waals surface area contributed by atoms with Crippen molar-refractivity contribution in [1.82, 2.24) is 29.6 Å². The predicted octanol–water partition coefficient (Wildman–Crippen LogP) is 11.8. The van der Waals surface area contributed by atoms with E-state index in [1.807, 2.05) is 66.6 Å². The van der Waals surface area contributed by atoms with Crippen LogP contribution < -0.4 is 15.3 Å². The first-order valence-electron chi connectivity index (χ1n) is 24.8. The van der Waals surface area contributed by atoms with Crippen LogP contribution in [-0.2, 0) is 13.1 Å². The number of pyridine rings is 2. The van der Waals surface area contributed by atoms with E-state index in [0.717, 1.165) is 126 Å². The Morgan fingerprint density at radius 2 is 0.973 bits per heavy atom. The molecule has 0 unspecified atom stereocenters. The van der Waals surface area contributed by atoms with Gasteiger partial charge < -0.3 is 39.9 Å². The van der Waals surface area contributed by atoms with Gasteiger partial charge in [0.05, 0.1) is 55.6 Å². The molecule has 0 radical (unpaired) electrons. The summed E-state index contributed by atoms with van der Waals surface area (Å²) in [6, 6.07) is 18.1. The number of hydrogen-bond acceptors (Lipinski definition) is 10. The monoisotopic (exact) mass is 1120 g/mol. The molecule has 2 aromatic heterocycles. The lowest BCUT2D eigenvalue weighted by molar-refractivity contribution is 0.197. The fraction of sp³-hybridized carbons (Fsp3) is 0.418. The second kappa shape index (κ2) is 24.7. The number of aromatic hydroxyl groups is 2. The molecular weight excluding hydrogens is 1060 g/mol. The van der Waals surface area contributed by atoms with Gasteiger partial charge in [-0.15, -0.1) is 0 Å². The van der Waals surface area contributed by atoms with Gasteiger partial charge in [0.15, 0.2) is 11.5 Å². The maximum Gasteiger partial charge on any atom is 0.488 e. The summed E-state index contributed by atoms with van der Waals surface area (Å²) in [6.45, 7) is 3.34. The summed E-state index contributed by atoms with van der Waals surface area (Å²) in [6.07, 6.45) is 12.4. The number of amides is 4. The number of halogens is 5. The maximum absolute atomic E-state index is 13.5. The minimum Gasteiger partial charge on any atom is -0.505 e. The molecule has 75 heavy (non-hydrogen) atoms. The van der Waals surface area contributed by atoms with Gasteiger partial charge in [0.25, 0.3) is 0 Å². The summed E-state index contributed by atoms with van der Waals surface area (Å²) in [5, 5.41) is 39.5. The molecule has 0 saturated heterocycles. The van der Waals surface area contributed by atoms with E-state index in [2.05, 4.69) is 49.0 Å². The topological polar surface area (TPSA) is 160 Å². The summed E-state index contributed by atoms with van der Waals surface area (Å²) < 4.78 is 0. The number of nitrogens with zero attached hydrogens (tertiary/aromatic N) is 8. The Morgan fingerprint density at radius 3 is 1.39 bits per heavy atom. The average molecular weight is 1120 g/mol. The maximum atomic E-state index is 13.5. The van der Waals surface area contributed by atoms with Gasteiger partial charge in [-0.1, -0.05) is 71.5 Å². The Bertz CT molecular complexity index is 3000. The lowest BCUT2D eigenvalue weighted by Crippen LogP contribution is -2.51. The van der Waals surface area contributed by atoms with Gasteiger partial charge in [-0.25, -0.2) is 9.59 Å². The standard InChI is InChI=1S/C27H30Cl2N4O2.C21H27ClN4O.C6H5BCl2O3.CH4/c1-31(2)14-16-4-7-20(8-5-16)33-25-19(15-32(3)27(33)35)13-30-24-9-6-17(10-21(24)25)18-11-22(28)26(34)23(29)12-18;1-24(2)12-14-4-7-17(8-5-14)26-20-15(13-25(3)21(26)27)11-23-19-9-6-16(22)10-18(19)20;8-4-1-3(7(11)12)2-5(9)6(4)10;/h6,9-13,16,20,34H,4-5,7-8,14-15H2,1-3H3;6,9-11,14,17H,4-5,7-8,12-13H2,1-3H3;1-2,10-12H;1H4. The third kappa shape index (κ3) is 13.0. The number of hydrogen-bond donors (Lipinski definition) is 4. The van der Waals surface area contributed by atoms with Crippen molar-refractivity contribution >= 4 is 116 Å². The Balaban J connectivity index is 0.000000181. The summed E-state index contributed by atoms with van der Waals surface area (Å²) >= 11 is 29.7. The van der Waals surface area contributed by atoms with Crippen LogP contribution in [0.2, 0.25) is 25.1 Å². The molecule has 4 amide bonds. The van der Waals surface area contributed by atoms with Gasteiger partial charge >= 0.3 is 19.2 Å². The van der Waals surface area contributed by atoms with Gasteiger partial charge in [-0.2, -0.15) is 0 Å². The second-order valence-corrected chi connectivity index (χ2v) is 22.6. The molecule has 0 spiro atoms. The number of rotatable bonds is 8. The van der Waals surface area contributed by atoms with Crippen LogP contribution in [0.5, 0.6) is 11.5 Å². The van der Waals surface area contributed by atoms with E-state index in [1.54, 1.807) is 21.9 Å². The first-order chi connectivity index (χ1) is 35.2. The molecule has 400 valence electrons. The first-order valence-corrected chi connectivity index (χ1v) is 26.7. The first kappa shape index (κ1) is 57.9. The Hall–Kier alpha value is -4.81. The van der Waals surface area contributed by atoms with Crippen LogP contribution >= 0.6 is 58.0 Å². The van der Waals surface area contributed by atoms with Gasteiger partial charge in [-0.3, -0.25) is 19.8 Å². The van der Waals surface area contributed by atoms with Crippen molar-refractivity contribution in [2.75, 3.05) is 65.2 Å². The highest BCUT2D eigenvalue weighted by molar-refractivity contribution is 6.59. The number of carbonyl (C=O) groups is 2. The molecule has 4 N–H and O–H groups in total. The Labute approximate surface area is 465 Å². The van der Waals surface area contributed by atoms with E-state index < -0.39 is 7.12 Å². The zero-order valence-corrected chi connectivity index (χ0v) is 46.2. The van der Waals surface area contributed by atoms with Gasteiger partial charge in [0, 0.05) is 78.6 Å². The van der Waals surface area contributed by atoms with E-state index in [1.165, 1.54) is 12.1 Å². The molecule has 6 aromatic rings. The SMILES string of the molecule is C.CN(C)CC1CCC(N2C(=O)N(C)Cc3cnc4ccc(-c5cc(Cl)c(O)c(Cl)c5)cc4c32)CC1.CN(C)CC1CCC(N2C(=O)N(C)Cc3cnc4ccc(Cl)cc4c32)CC1.OB(O)c1cc(Cl)c(O)c(Cl)c1. The summed E-state index contributed by atoms with van der Waals surface area (Å²) in [5.41, 5.74) is 7.70. The number of aromatic nitrogens is 2. The molecule has 4 heterocycles. The van der Waals surface area contributed by atoms with E-state index in [9.17, 15) is 14.7 Å². The molecule has 2 aliphatic carbocycles. The number of fused-ring (bicyclic) bond motifs is 6. The number of benzene rings is 4. The highest BCUT2D eigenvalue weighted by Gasteiger charge is 2.39. The molecule has 20 heteroatoms. The van der Waals surface area contributed by atoms with E-state index in [4.69, 9.17) is 78.1 Å². The lowest BCUT2D eigenvalue weighted by Gasteiger charge is -2.43. The van der Waals surface area contributed by atoms with Crippen molar-refractivity contribution in [2.45, 2.75) is 84.0 Å². The van der Waals surface area contributed by atoms with Crippen molar-refractivity contribution in [3.63, 3.8) is 0 Å². The van der Waals surface area contributed by atoms with Crippen LogP contribution in [0.25, 0.3) is 32.9 Å². The summed E-state index contributed by atoms with van der Waals surface area (Å²) in [5.74, 6) is 1.00.